The second-order valence-electron chi connectivity index (χ2n) is 12.7. The van der Waals surface area contributed by atoms with Gasteiger partial charge in [-0.15, -0.1) is 0 Å². The second kappa shape index (κ2) is 13.2. The molecule has 13 heteroatoms. The summed E-state index contributed by atoms with van der Waals surface area (Å²) in [6.45, 7) is 4.77. The third-order valence-electron chi connectivity index (χ3n) is 9.81. The molecule has 2 amide bonds. The zero-order chi connectivity index (χ0) is 33.5. The molecule has 0 atom stereocenters. The highest BCUT2D eigenvalue weighted by atomic mass is 35.5. The lowest BCUT2D eigenvalue weighted by Gasteiger charge is -2.36. The molecule has 3 aliphatic heterocycles. The summed E-state index contributed by atoms with van der Waals surface area (Å²) in [4.78, 5) is 41.0. The molecule has 2 aromatic heterocycles. The molecule has 2 N–H and O–H groups in total. The first-order chi connectivity index (χ1) is 23.2. The Kier molecular flexibility index (Phi) is 8.78. The standard InChI is InChI=1S/C35H38ClN9O3/c1-42-14-10-29-27(19-42)38-32(43(29)2)34(46)40-25-8-4-6-22(24(25)18-37)23-7-5-9-26(31(23)36)41-35(47)33-39-28-20-45(15-11-30(28)44(33)3)21-12-16-48-17-13-21/h4-9,21H,10-17,19-20H2,1-3H3,(H,40,46)(H,41,47). The fraction of sp³-hybridized carbons (Fsp3) is 0.400. The molecule has 0 saturated carbocycles. The summed E-state index contributed by atoms with van der Waals surface area (Å²) in [5.74, 6) is -0.155. The number of benzene rings is 2. The summed E-state index contributed by atoms with van der Waals surface area (Å²) in [5, 5.41) is 16.4. The fourth-order valence-electron chi connectivity index (χ4n) is 7.17. The van der Waals surface area contributed by atoms with Gasteiger partial charge in [0.1, 0.15) is 6.07 Å². The van der Waals surface area contributed by atoms with Crippen LogP contribution in [0, 0.1) is 11.3 Å². The molecule has 1 fully saturated rings. The fourth-order valence-corrected chi connectivity index (χ4v) is 7.44. The quantitative estimate of drug-likeness (QED) is 0.310. The van der Waals surface area contributed by atoms with E-state index in [9.17, 15) is 14.9 Å². The number of anilines is 2. The summed E-state index contributed by atoms with van der Waals surface area (Å²) in [6, 6.07) is 13.2. The number of amides is 2. The van der Waals surface area contributed by atoms with Crippen LogP contribution < -0.4 is 10.6 Å². The van der Waals surface area contributed by atoms with Crippen molar-refractivity contribution in [1.82, 2.24) is 28.9 Å². The van der Waals surface area contributed by atoms with Crippen LogP contribution in [0.2, 0.25) is 5.02 Å². The number of aromatic nitrogens is 4. The normalized spacial score (nSPS) is 17.0. The number of imidazole rings is 2. The van der Waals surface area contributed by atoms with Crippen LogP contribution in [0.4, 0.5) is 11.4 Å². The Morgan fingerprint density at radius 3 is 2.10 bits per heavy atom. The van der Waals surface area contributed by atoms with Crippen molar-refractivity contribution in [3.63, 3.8) is 0 Å². The van der Waals surface area contributed by atoms with Gasteiger partial charge in [-0.3, -0.25) is 14.5 Å². The second-order valence-corrected chi connectivity index (χ2v) is 13.1. The summed E-state index contributed by atoms with van der Waals surface area (Å²) >= 11 is 6.92. The zero-order valence-electron chi connectivity index (χ0n) is 27.3. The minimum atomic E-state index is -0.399. The van der Waals surface area contributed by atoms with Crippen molar-refractivity contribution in [2.75, 3.05) is 44.0 Å². The summed E-state index contributed by atoms with van der Waals surface area (Å²) in [6.07, 6.45) is 3.65. The molecule has 0 bridgehead atoms. The highest BCUT2D eigenvalue weighted by Gasteiger charge is 2.30. The van der Waals surface area contributed by atoms with Gasteiger partial charge in [0.2, 0.25) is 0 Å². The number of carbonyl (C=O) groups is 2. The zero-order valence-corrected chi connectivity index (χ0v) is 28.1. The number of hydrogen-bond donors (Lipinski definition) is 2. The van der Waals surface area contributed by atoms with Gasteiger partial charge >= 0.3 is 0 Å². The molecular formula is C35H38ClN9O3. The van der Waals surface area contributed by atoms with Gasteiger partial charge in [0.05, 0.1) is 33.3 Å². The Labute approximate surface area is 284 Å². The maximum Gasteiger partial charge on any atom is 0.291 e. The Hall–Kier alpha value is -4.54. The molecule has 1 saturated heterocycles. The van der Waals surface area contributed by atoms with Crippen LogP contribution in [0.5, 0.6) is 0 Å². The number of hydrogen-bond acceptors (Lipinski definition) is 8. The summed E-state index contributed by atoms with van der Waals surface area (Å²) in [5.41, 5.74) is 5.99. The van der Waals surface area contributed by atoms with E-state index in [4.69, 9.17) is 21.3 Å². The maximum atomic E-state index is 13.6. The van der Waals surface area contributed by atoms with Crippen LogP contribution in [0.1, 0.15) is 62.4 Å². The number of nitriles is 1. The van der Waals surface area contributed by atoms with Gasteiger partial charge in [-0.05, 0) is 32.0 Å². The first-order valence-electron chi connectivity index (χ1n) is 16.3. The van der Waals surface area contributed by atoms with Crippen molar-refractivity contribution in [1.29, 1.82) is 5.26 Å². The SMILES string of the molecule is CN1CCc2c(nc(C(=O)Nc3cccc(-c4cccc(NC(=O)c5nc6c(n5C)CCN(C5CCOCC5)C6)c4Cl)c3C#N)n2C)C1. The van der Waals surface area contributed by atoms with Crippen LogP contribution in [-0.2, 0) is 44.8 Å². The van der Waals surface area contributed by atoms with Crippen LogP contribution >= 0.6 is 11.6 Å². The molecule has 12 nitrogen and oxygen atoms in total. The molecule has 0 aliphatic carbocycles. The van der Waals surface area contributed by atoms with Crippen molar-refractivity contribution in [2.24, 2.45) is 14.1 Å². The Bertz CT molecular complexity index is 1950. The number of rotatable bonds is 6. The van der Waals surface area contributed by atoms with E-state index < -0.39 is 5.91 Å². The number of fused-ring (bicyclic) bond motifs is 2. The largest absolute Gasteiger partial charge is 0.381 e. The van der Waals surface area contributed by atoms with E-state index in [-0.39, 0.29) is 16.5 Å². The van der Waals surface area contributed by atoms with Gasteiger partial charge in [-0.25, -0.2) is 9.97 Å². The van der Waals surface area contributed by atoms with Crippen LogP contribution in [0.15, 0.2) is 36.4 Å². The van der Waals surface area contributed by atoms with E-state index in [1.807, 2.05) is 30.3 Å². The van der Waals surface area contributed by atoms with Gasteiger partial charge in [0.15, 0.2) is 11.6 Å². The Morgan fingerprint density at radius 1 is 0.854 bits per heavy atom. The lowest BCUT2D eigenvalue weighted by molar-refractivity contribution is 0.0283. The molecule has 2 aromatic carbocycles. The molecule has 0 radical (unpaired) electrons. The molecule has 248 valence electrons. The van der Waals surface area contributed by atoms with Gasteiger partial charge < -0.3 is 29.4 Å². The maximum absolute atomic E-state index is 13.6. The van der Waals surface area contributed by atoms with Crippen LogP contribution in [-0.4, -0.2) is 80.1 Å². The third kappa shape index (κ3) is 5.88. The van der Waals surface area contributed by atoms with Crippen molar-refractivity contribution >= 4 is 34.8 Å². The predicted molar refractivity (Wildman–Crippen MR) is 182 cm³/mol. The Balaban J connectivity index is 1.11. The van der Waals surface area contributed by atoms with Gasteiger partial charge in [0, 0.05) is 94.9 Å². The number of carbonyl (C=O) groups excluding carboxylic acids is 2. The summed E-state index contributed by atoms with van der Waals surface area (Å²) < 4.78 is 9.25. The number of likely N-dealkylation sites (N-methyl/N-ethyl adjacent to an activating group) is 1. The van der Waals surface area contributed by atoms with Crippen molar-refractivity contribution < 1.29 is 14.3 Å². The molecule has 7 rings (SSSR count). The molecule has 3 aliphatic rings. The molecule has 5 heterocycles. The number of nitrogens with zero attached hydrogens (tertiary/aromatic N) is 7. The molecule has 0 unspecified atom stereocenters. The highest BCUT2D eigenvalue weighted by molar-refractivity contribution is 6.36. The van der Waals surface area contributed by atoms with Crippen LogP contribution in [0.25, 0.3) is 11.1 Å². The highest BCUT2D eigenvalue weighted by Crippen LogP contribution is 2.38. The molecular weight excluding hydrogens is 630 g/mol. The van der Waals surface area contributed by atoms with Gasteiger partial charge in [0.25, 0.3) is 11.8 Å². The van der Waals surface area contributed by atoms with Crippen molar-refractivity contribution in [2.45, 2.75) is 44.8 Å². The number of halogens is 1. The number of nitrogens with one attached hydrogen (secondary N) is 2. The molecule has 0 spiro atoms. The number of ether oxygens (including phenoxy) is 1. The minimum Gasteiger partial charge on any atom is -0.381 e. The van der Waals surface area contributed by atoms with E-state index in [2.05, 4.69) is 31.5 Å². The van der Waals surface area contributed by atoms with E-state index in [1.54, 1.807) is 36.4 Å². The van der Waals surface area contributed by atoms with Crippen LogP contribution in [0.3, 0.4) is 0 Å². The van der Waals surface area contributed by atoms with Crippen molar-refractivity contribution in [3.8, 4) is 17.2 Å². The monoisotopic (exact) mass is 667 g/mol. The first kappa shape index (κ1) is 32.0. The molecule has 4 aromatic rings. The van der Waals surface area contributed by atoms with Crippen molar-refractivity contribution in [3.05, 3.63) is 81.4 Å². The van der Waals surface area contributed by atoms with E-state index >= 15 is 0 Å². The smallest absolute Gasteiger partial charge is 0.291 e. The van der Waals surface area contributed by atoms with Gasteiger partial charge in [-0.2, -0.15) is 5.26 Å². The topological polar surface area (TPSA) is 133 Å². The lowest BCUT2D eigenvalue weighted by atomic mass is 9.98. The minimum absolute atomic E-state index is 0.251. The average Bonchev–Trinajstić information content (AvgIpc) is 3.61. The first-order valence-corrected chi connectivity index (χ1v) is 16.6. The van der Waals surface area contributed by atoms with E-state index in [0.29, 0.717) is 53.3 Å². The summed E-state index contributed by atoms with van der Waals surface area (Å²) in [7, 11) is 5.75. The predicted octanol–water partition coefficient (Wildman–Crippen LogP) is 4.38. The van der Waals surface area contributed by atoms with Gasteiger partial charge in [-0.1, -0.05) is 35.9 Å². The van der Waals surface area contributed by atoms with E-state index in [1.165, 1.54) is 0 Å². The lowest BCUT2D eigenvalue weighted by Crippen LogP contribution is -2.42. The average molecular weight is 668 g/mol. The van der Waals surface area contributed by atoms with E-state index in [0.717, 1.165) is 74.8 Å². The third-order valence-corrected chi connectivity index (χ3v) is 10.2. The Morgan fingerprint density at radius 2 is 1.44 bits per heavy atom. The molecule has 48 heavy (non-hydrogen) atoms.